The van der Waals surface area contributed by atoms with Crippen molar-refractivity contribution in [2.75, 3.05) is 18.0 Å². The number of nitrogens with zero attached hydrogens (tertiary/aromatic N) is 4. The first-order valence-electron chi connectivity index (χ1n) is 10.8. The molecule has 1 saturated carbocycles. The van der Waals surface area contributed by atoms with E-state index in [9.17, 15) is 4.79 Å². The Bertz CT molecular complexity index is 919. The minimum Gasteiger partial charge on any atom is -0.299 e. The molecule has 6 heteroatoms. The largest absolute Gasteiger partial charge is 0.299 e. The molecule has 1 aromatic carbocycles. The average molecular weight is 409 g/mol. The van der Waals surface area contributed by atoms with Gasteiger partial charge in [0.25, 0.3) is 0 Å². The van der Waals surface area contributed by atoms with Crippen molar-refractivity contribution >= 4 is 29.2 Å². The van der Waals surface area contributed by atoms with Crippen molar-refractivity contribution in [1.29, 1.82) is 0 Å². The van der Waals surface area contributed by atoms with Crippen LogP contribution in [-0.4, -0.2) is 33.9 Å². The van der Waals surface area contributed by atoms with Crippen molar-refractivity contribution in [2.45, 2.75) is 56.0 Å². The van der Waals surface area contributed by atoms with Gasteiger partial charge in [0, 0.05) is 43.8 Å². The van der Waals surface area contributed by atoms with Gasteiger partial charge in [0.1, 0.15) is 5.03 Å². The van der Waals surface area contributed by atoms with E-state index in [1.807, 2.05) is 0 Å². The van der Waals surface area contributed by atoms with Crippen molar-refractivity contribution in [3.05, 3.63) is 36.2 Å². The summed E-state index contributed by atoms with van der Waals surface area (Å²) in [5.41, 5.74) is 2.22. The molecule has 2 bridgehead atoms. The number of piperidine rings is 1. The van der Waals surface area contributed by atoms with E-state index < -0.39 is 0 Å². The quantitative estimate of drug-likeness (QED) is 0.724. The molecule has 2 aliphatic heterocycles. The molecule has 2 unspecified atom stereocenters. The Morgan fingerprint density at radius 1 is 1.17 bits per heavy atom. The number of amides is 1. The number of aromatic nitrogens is 2. The van der Waals surface area contributed by atoms with Gasteiger partial charge in [-0.15, -0.1) is 0 Å². The number of carbonyl (C=O) groups is 1. The first kappa shape index (κ1) is 19.1. The van der Waals surface area contributed by atoms with Gasteiger partial charge in [-0.2, -0.15) is 0 Å². The lowest BCUT2D eigenvalue weighted by atomic mass is 9.68. The molecule has 5 rings (SSSR count). The molecule has 0 N–H and O–H groups in total. The van der Waals surface area contributed by atoms with Crippen molar-refractivity contribution in [1.82, 2.24) is 14.9 Å². The Morgan fingerprint density at radius 2 is 1.93 bits per heavy atom. The molecule has 0 spiro atoms. The maximum atomic E-state index is 12.5. The third kappa shape index (κ3) is 3.46. The zero-order chi connectivity index (χ0) is 20.0. The zero-order valence-corrected chi connectivity index (χ0v) is 18.0. The van der Waals surface area contributed by atoms with Gasteiger partial charge in [-0.05, 0) is 48.3 Å². The molecule has 2 fully saturated rings. The lowest BCUT2D eigenvalue weighted by molar-refractivity contribution is -0.115. The van der Waals surface area contributed by atoms with Crippen molar-refractivity contribution < 1.29 is 4.79 Å². The molecule has 0 radical (unpaired) electrons. The van der Waals surface area contributed by atoms with Crippen LogP contribution in [0.2, 0.25) is 0 Å². The SMILES string of the molecule is CCC1C2CCCC1CN(Cc1ccc3c(c1)N(C(C)=O)c1nccnc1S3)C2. The molecule has 1 aliphatic carbocycles. The fourth-order valence-corrected chi connectivity index (χ4v) is 6.65. The third-order valence-corrected chi connectivity index (χ3v) is 7.91. The minimum atomic E-state index is -0.0243. The van der Waals surface area contributed by atoms with Crippen molar-refractivity contribution in [3.63, 3.8) is 0 Å². The Morgan fingerprint density at radius 3 is 2.66 bits per heavy atom. The number of carbonyl (C=O) groups excluding carboxylic acids is 1. The Hall–Kier alpha value is -1.92. The summed E-state index contributed by atoms with van der Waals surface area (Å²) >= 11 is 1.59. The highest BCUT2D eigenvalue weighted by molar-refractivity contribution is 7.99. The smallest absolute Gasteiger partial charge is 0.229 e. The summed E-state index contributed by atoms with van der Waals surface area (Å²) in [5.74, 6) is 3.26. The summed E-state index contributed by atoms with van der Waals surface area (Å²) < 4.78 is 0. The maximum Gasteiger partial charge on any atom is 0.229 e. The van der Waals surface area contributed by atoms with Gasteiger partial charge in [-0.25, -0.2) is 9.97 Å². The highest BCUT2D eigenvalue weighted by Crippen LogP contribution is 2.47. The van der Waals surface area contributed by atoms with E-state index in [1.54, 1.807) is 36.0 Å². The van der Waals surface area contributed by atoms with E-state index in [0.29, 0.717) is 5.82 Å². The van der Waals surface area contributed by atoms with E-state index in [1.165, 1.54) is 44.3 Å². The number of fused-ring (bicyclic) bond motifs is 4. The van der Waals surface area contributed by atoms with Gasteiger partial charge in [0.2, 0.25) is 5.91 Å². The fraction of sp³-hybridized carbons (Fsp3) is 0.522. The second kappa shape index (κ2) is 7.73. The predicted molar refractivity (Wildman–Crippen MR) is 115 cm³/mol. The van der Waals surface area contributed by atoms with Crippen LogP contribution in [0.3, 0.4) is 0 Å². The summed E-state index contributed by atoms with van der Waals surface area (Å²) in [4.78, 5) is 26.7. The number of rotatable bonds is 3. The molecular weight excluding hydrogens is 380 g/mol. The molecule has 1 saturated heterocycles. The molecule has 5 nitrogen and oxygen atoms in total. The van der Waals surface area contributed by atoms with Crippen LogP contribution >= 0.6 is 11.8 Å². The van der Waals surface area contributed by atoms with Crippen LogP contribution in [0, 0.1) is 17.8 Å². The summed E-state index contributed by atoms with van der Waals surface area (Å²) in [6.45, 7) is 7.35. The van der Waals surface area contributed by atoms with E-state index in [2.05, 4.69) is 40.0 Å². The Balaban J connectivity index is 1.40. The van der Waals surface area contributed by atoms with Gasteiger partial charge >= 0.3 is 0 Å². The molecule has 29 heavy (non-hydrogen) atoms. The topological polar surface area (TPSA) is 49.3 Å². The highest BCUT2D eigenvalue weighted by Gasteiger charge is 2.38. The van der Waals surface area contributed by atoms with E-state index in [4.69, 9.17) is 0 Å². The number of anilines is 2. The summed E-state index contributed by atoms with van der Waals surface area (Å²) in [7, 11) is 0. The van der Waals surface area contributed by atoms with Crippen LogP contribution in [0.15, 0.2) is 40.5 Å². The van der Waals surface area contributed by atoms with E-state index >= 15 is 0 Å². The van der Waals surface area contributed by atoms with Crippen molar-refractivity contribution in [2.24, 2.45) is 17.8 Å². The number of likely N-dealkylation sites (tertiary alicyclic amines) is 1. The van der Waals surface area contributed by atoms with E-state index in [0.717, 1.165) is 39.9 Å². The standard InChI is InChI=1S/C23H28N4OS/c1-3-19-17-5-4-6-18(19)14-26(13-17)12-16-7-8-21-20(11-16)27(15(2)28)22-23(29-21)25-10-9-24-22/h7-11,17-19H,3-6,12-14H2,1-2H3. The third-order valence-electron chi connectivity index (χ3n) is 6.87. The molecular formula is C23H28N4OS. The lowest BCUT2D eigenvalue weighted by Gasteiger charge is -2.47. The van der Waals surface area contributed by atoms with Gasteiger partial charge in [0.05, 0.1) is 5.69 Å². The fourth-order valence-electron chi connectivity index (χ4n) is 5.70. The Labute approximate surface area is 176 Å². The van der Waals surface area contributed by atoms with E-state index in [-0.39, 0.29) is 5.91 Å². The van der Waals surface area contributed by atoms with Crippen LogP contribution in [0.1, 0.15) is 45.1 Å². The highest BCUT2D eigenvalue weighted by atomic mass is 32.2. The normalized spacial score (nSPS) is 26.0. The monoisotopic (exact) mass is 408 g/mol. The Kier molecular flexibility index (Phi) is 5.08. The molecule has 2 atom stereocenters. The molecule has 1 amide bonds. The van der Waals surface area contributed by atoms with Gasteiger partial charge < -0.3 is 0 Å². The van der Waals surface area contributed by atoms with Gasteiger partial charge in [-0.3, -0.25) is 14.6 Å². The predicted octanol–water partition coefficient (Wildman–Crippen LogP) is 4.88. The molecule has 152 valence electrons. The number of hydrogen-bond acceptors (Lipinski definition) is 5. The second-order valence-corrected chi connectivity index (χ2v) is 9.69. The van der Waals surface area contributed by atoms with Crippen LogP contribution in [-0.2, 0) is 11.3 Å². The molecule has 2 aromatic rings. The summed E-state index contributed by atoms with van der Waals surface area (Å²) in [5, 5.41) is 0.789. The molecule has 3 heterocycles. The van der Waals surface area contributed by atoms with Crippen LogP contribution in [0.5, 0.6) is 0 Å². The minimum absolute atomic E-state index is 0.0243. The summed E-state index contributed by atoms with van der Waals surface area (Å²) in [6, 6.07) is 6.54. The zero-order valence-electron chi connectivity index (χ0n) is 17.2. The summed E-state index contributed by atoms with van der Waals surface area (Å²) in [6.07, 6.45) is 8.85. The van der Waals surface area contributed by atoms with Crippen LogP contribution < -0.4 is 4.90 Å². The molecule has 1 aromatic heterocycles. The number of benzene rings is 1. The van der Waals surface area contributed by atoms with Crippen LogP contribution in [0.4, 0.5) is 11.5 Å². The first-order chi connectivity index (χ1) is 14.1. The van der Waals surface area contributed by atoms with Gasteiger partial charge in [-0.1, -0.05) is 37.6 Å². The second-order valence-electron chi connectivity index (χ2n) is 8.66. The van der Waals surface area contributed by atoms with Crippen LogP contribution in [0.25, 0.3) is 0 Å². The van der Waals surface area contributed by atoms with Crippen molar-refractivity contribution in [3.8, 4) is 0 Å². The maximum absolute atomic E-state index is 12.5. The molecule has 3 aliphatic rings. The lowest BCUT2D eigenvalue weighted by Crippen LogP contribution is -2.47. The number of hydrogen-bond donors (Lipinski definition) is 0. The average Bonchev–Trinajstić information content (AvgIpc) is 2.71. The van der Waals surface area contributed by atoms with Gasteiger partial charge in [0.15, 0.2) is 5.82 Å². The first-order valence-corrected chi connectivity index (χ1v) is 11.6.